The van der Waals surface area contributed by atoms with E-state index in [1.54, 1.807) is 18.2 Å². The fraction of sp³-hybridized carbons (Fsp3) is 0. The molecule has 0 saturated heterocycles. The zero-order valence-electron chi connectivity index (χ0n) is 7.47. The van der Waals surface area contributed by atoms with E-state index in [1.165, 1.54) is 12.3 Å². The zero-order valence-corrected chi connectivity index (χ0v) is 8.28. The van der Waals surface area contributed by atoms with Crippen LogP contribution in [0, 0.1) is 15.0 Å². The van der Waals surface area contributed by atoms with Gasteiger partial charge in [0.2, 0.25) is 0 Å². The second kappa shape index (κ2) is 3.66. The van der Waals surface area contributed by atoms with Crippen LogP contribution in [0.15, 0.2) is 34.9 Å². The molecule has 0 atom stereocenters. The van der Waals surface area contributed by atoms with Crippen molar-refractivity contribution >= 4 is 17.9 Å². The lowest BCUT2D eigenvalue weighted by Gasteiger charge is -1.97. The molecule has 0 fully saturated rings. The lowest BCUT2D eigenvalue weighted by Crippen LogP contribution is -1.91. The molecule has 0 unspecified atom stereocenters. The largest absolute Gasteiger partial charge is 0.437 e. The highest BCUT2D eigenvalue weighted by molar-refractivity contribution is 7.71. The number of hydrogen-bond donors (Lipinski definition) is 1. The van der Waals surface area contributed by atoms with E-state index < -0.39 is 4.92 Å². The molecule has 0 spiro atoms. The number of benzene rings is 1. The minimum Gasteiger partial charge on any atom is -0.437 e. The quantitative estimate of drug-likeness (QED) is 0.481. The SMILES string of the molecule is O=[N+]([O-])c1ccccc1-c1coc(=S)[nH]1. The van der Waals surface area contributed by atoms with E-state index in [4.69, 9.17) is 16.6 Å². The van der Waals surface area contributed by atoms with Gasteiger partial charge in [-0.1, -0.05) is 12.1 Å². The molecular weight excluding hydrogens is 216 g/mol. The number of nitrogens with one attached hydrogen (secondary N) is 1. The van der Waals surface area contributed by atoms with Gasteiger partial charge in [-0.2, -0.15) is 0 Å². The number of aromatic nitrogens is 1. The first-order valence-corrected chi connectivity index (χ1v) is 4.51. The maximum Gasteiger partial charge on any atom is 0.278 e. The zero-order chi connectivity index (χ0) is 10.8. The highest BCUT2D eigenvalue weighted by Crippen LogP contribution is 2.27. The molecule has 0 aliphatic heterocycles. The Morgan fingerprint density at radius 2 is 2.13 bits per heavy atom. The highest BCUT2D eigenvalue weighted by atomic mass is 32.1. The molecule has 76 valence electrons. The van der Waals surface area contributed by atoms with E-state index in [9.17, 15) is 10.1 Å². The van der Waals surface area contributed by atoms with E-state index in [-0.39, 0.29) is 10.5 Å². The van der Waals surface area contributed by atoms with Crippen LogP contribution < -0.4 is 0 Å². The molecule has 15 heavy (non-hydrogen) atoms. The molecule has 0 aliphatic carbocycles. The summed E-state index contributed by atoms with van der Waals surface area (Å²) in [6, 6.07) is 6.38. The van der Waals surface area contributed by atoms with Crippen LogP contribution in [-0.4, -0.2) is 9.91 Å². The van der Waals surface area contributed by atoms with E-state index in [0.717, 1.165) is 0 Å². The summed E-state index contributed by atoms with van der Waals surface area (Å²) in [5.74, 6) is 0. The molecule has 1 aromatic heterocycles. The standard InChI is InChI=1S/C9H6N2O3S/c12-11(13)8-4-2-1-3-6(8)7-5-14-9(15)10-7/h1-5H,(H,10,15). The lowest BCUT2D eigenvalue weighted by molar-refractivity contribution is -0.384. The van der Waals surface area contributed by atoms with Crippen LogP contribution in [0.2, 0.25) is 0 Å². The van der Waals surface area contributed by atoms with Gasteiger partial charge in [-0.15, -0.1) is 0 Å². The van der Waals surface area contributed by atoms with Crippen molar-refractivity contribution < 1.29 is 9.34 Å². The number of aromatic amines is 1. The molecule has 2 aromatic rings. The number of H-pyrrole nitrogens is 1. The predicted molar refractivity (Wildman–Crippen MR) is 56.0 cm³/mol. The van der Waals surface area contributed by atoms with E-state index >= 15 is 0 Å². The number of hydrogen-bond acceptors (Lipinski definition) is 4. The van der Waals surface area contributed by atoms with Crippen molar-refractivity contribution in [2.75, 3.05) is 0 Å². The van der Waals surface area contributed by atoms with Crippen LogP contribution in [0.4, 0.5) is 5.69 Å². The maximum absolute atomic E-state index is 10.7. The first-order chi connectivity index (χ1) is 7.18. The molecular formula is C9H6N2O3S. The second-order valence-electron chi connectivity index (χ2n) is 2.84. The van der Waals surface area contributed by atoms with Gasteiger partial charge in [0, 0.05) is 6.07 Å². The fourth-order valence-electron chi connectivity index (χ4n) is 1.27. The molecule has 1 heterocycles. The predicted octanol–water partition coefficient (Wildman–Crippen LogP) is 2.91. The molecule has 0 saturated carbocycles. The number of rotatable bonds is 2. The minimum absolute atomic E-state index is 0.0181. The average Bonchev–Trinajstić information content (AvgIpc) is 2.65. The Labute approximate surface area is 89.5 Å². The molecule has 0 radical (unpaired) electrons. The smallest absolute Gasteiger partial charge is 0.278 e. The van der Waals surface area contributed by atoms with Gasteiger partial charge in [-0.25, -0.2) is 0 Å². The minimum atomic E-state index is -0.445. The first kappa shape index (κ1) is 9.60. The normalized spacial score (nSPS) is 10.1. The van der Waals surface area contributed by atoms with E-state index in [1.807, 2.05) is 0 Å². The van der Waals surface area contributed by atoms with Gasteiger partial charge in [-0.05, 0) is 18.3 Å². The third-order valence-electron chi connectivity index (χ3n) is 1.91. The van der Waals surface area contributed by atoms with Crippen molar-refractivity contribution in [2.24, 2.45) is 0 Å². The van der Waals surface area contributed by atoms with Crippen molar-refractivity contribution in [2.45, 2.75) is 0 Å². The molecule has 0 amide bonds. The Morgan fingerprint density at radius 1 is 1.40 bits per heavy atom. The molecule has 1 aromatic carbocycles. The topological polar surface area (TPSA) is 72.1 Å². The van der Waals surface area contributed by atoms with Crippen LogP contribution in [0.1, 0.15) is 0 Å². The summed E-state index contributed by atoms with van der Waals surface area (Å²) in [7, 11) is 0. The van der Waals surface area contributed by atoms with Gasteiger partial charge in [0.25, 0.3) is 10.5 Å². The van der Waals surface area contributed by atoms with Gasteiger partial charge < -0.3 is 9.40 Å². The van der Waals surface area contributed by atoms with Crippen LogP contribution in [0.5, 0.6) is 0 Å². The summed E-state index contributed by atoms with van der Waals surface area (Å²) in [5.41, 5.74) is 0.985. The Kier molecular flexibility index (Phi) is 2.34. The maximum atomic E-state index is 10.7. The van der Waals surface area contributed by atoms with Gasteiger partial charge >= 0.3 is 0 Å². The van der Waals surface area contributed by atoms with E-state index in [0.29, 0.717) is 11.3 Å². The lowest BCUT2D eigenvalue weighted by atomic mass is 10.1. The number of oxazole rings is 1. The van der Waals surface area contributed by atoms with Crippen molar-refractivity contribution in [1.82, 2.24) is 4.98 Å². The van der Waals surface area contributed by atoms with Crippen LogP contribution >= 0.6 is 12.2 Å². The Hall–Kier alpha value is -1.95. The average molecular weight is 222 g/mol. The van der Waals surface area contributed by atoms with Crippen molar-refractivity contribution in [1.29, 1.82) is 0 Å². The van der Waals surface area contributed by atoms with Crippen LogP contribution in [0.3, 0.4) is 0 Å². The third-order valence-corrected chi connectivity index (χ3v) is 2.11. The van der Waals surface area contributed by atoms with Crippen molar-refractivity contribution in [3.63, 3.8) is 0 Å². The summed E-state index contributed by atoms with van der Waals surface area (Å²) < 4.78 is 4.89. The van der Waals surface area contributed by atoms with Crippen molar-refractivity contribution in [3.8, 4) is 11.3 Å². The highest BCUT2D eigenvalue weighted by Gasteiger charge is 2.15. The summed E-state index contributed by atoms with van der Waals surface area (Å²) >= 11 is 4.75. The molecule has 6 heteroatoms. The molecule has 0 aliphatic rings. The summed E-state index contributed by atoms with van der Waals surface area (Å²) in [6.45, 7) is 0. The molecule has 0 bridgehead atoms. The Balaban J connectivity index is 2.62. The number of nitrogens with zero attached hydrogens (tertiary/aromatic N) is 1. The van der Waals surface area contributed by atoms with Crippen LogP contribution in [0.25, 0.3) is 11.3 Å². The summed E-state index contributed by atoms with van der Waals surface area (Å²) in [4.78, 5) is 13.2. The molecule has 1 N–H and O–H groups in total. The molecule has 5 nitrogen and oxygen atoms in total. The first-order valence-electron chi connectivity index (χ1n) is 4.10. The fourth-order valence-corrected chi connectivity index (χ4v) is 1.43. The number of nitro groups is 1. The summed E-state index contributed by atoms with van der Waals surface area (Å²) in [6.07, 6.45) is 1.37. The Morgan fingerprint density at radius 3 is 2.73 bits per heavy atom. The third kappa shape index (κ3) is 1.79. The summed E-state index contributed by atoms with van der Waals surface area (Å²) in [5, 5.41) is 10.7. The van der Waals surface area contributed by atoms with Gasteiger partial charge in [0.05, 0.1) is 16.2 Å². The van der Waals surface area contributed by atoms with Gasteiger partial charge in [0.15, 0.2) is 0 Å². The number of para-hydroxylation sites is 1. The Bertz CT molecular complexity index is 558. The second-order valence-corrected chi connectivity index (χ2v) is 3.21. The van der Waals surface area contributed by atoms with Crippen molar-refractivity contribution in [3.05, 3.63) is 45.5 Å². The van der Waals surface area contributed by atoms with Crippen LogP contribution in [-0.2, 0) is 0 Å². The molecule has 2 rings (SSSR count). The van der Waals surface area contributed by atoms with E-state index in [2.05, 4.69) is 4.98 Å². The number of nitro benzene ring substituents is 1. The monoisotopic (exact) mass is 222 g/mol. The van der Waals surface area contributed by atoms with Gasteiger partial charge in [0.1, 0.15) is 6.26 Å². The van der Waals surface area contributed by atoms with Gasteiger partial charge in [-0.3, -0.25) is 10.1 Å².